The number of amides is 7. The van der Waals surface area contributed by atoms with Gasteiger partial charge in [-0.25, -0.2) is 9.97 Å². The number of aromatic nitrogens is 4. The van der Waals surface area contributed by atoms with E-state index in [-0.39, 0.29) is 42.6 Å². The molecule has 0 spiro atoms. The van der Waals surface area contributed by atoms with Crippen molar-refractivity contribution >= 4 is 97.6 Å². The topological polar surface area (TPSA) is 278 Å². The maximum absolute atomic E-state index is 12.9. The first-order valence-electron chi connectivity index (χ1n) is 41.1. The van der Waals surface area contributed by atoms with E-state index in [9.17, 15) is 33.6 Å². The summed E-state index contributed by atoms with van der Waals surface area (Å²) in [5, 5.41) is 0. The maximum Gasteiger partial charge on any atom is 0.245 e. The highest BCUT2D eigenvalue weighted by molar-refractivity contribution is 6.08. The molecule has 2 fully saturated rings. The molecule has 26 heteroatoms. The molecular formula is C91H127N17O9. The molecule has 117 heavy (non-hydrogen) atoms. The number of hydrogen-bond acceptors (Lipinski definition) is 17. The molecule has 26 nitrogen and oxygen atoms in total. The van der Waals surface area contributed by atoms with E-state index >= 15 is 0 Å². The lowest BCUT2D eigenvalue weighted by Gasteiger charge is -2.35. The largest absolute Gasteiger partial charge is 0.494 e. The summed E-state index contributed by atoms with van der Waals surface area (Å²) in [4.78, 5) is 129. The second kappa shape index (κ2) is 43.8. The Balaban J connectivity index is 0.000000185. The minimum absolute atomic E-state index is 0.146. The standard InChI is InChI=1S/2C21H23N5.C20H37N5O5.C16H25NO2.C13H19NO2/c1-14-22-18-6-4-16(12-21(18)23-14)19-11-15-3-5-17(13-20(15)24-19)26-9-7-25(2)8-10-26;1-14-11-16-12-15(3-5-18(16)22-14)21-23-19-6-4-17(13-20(19)24-21)26-9-7-25(2)8-10-26;1-10-25(11-16(21)26)20(30)15(6)24(9)19(29)14(5)23(8)18(28)13(4)22(7)17(27)12(2)3;1-4-5-11-17(3)16(18)10-7-12-19-15-9-6-8-14(2)13-15;1-11-6-4-7-12(10-11)16-9-5-8-13(15)14(2)3/h3-6,12-13H,7-11H2,1-2H3,(H,22,23);3-6,12-13H,7-11H2,1-2H3,(H,23,24);12-15H,10-11H2,1-9H3,(H2,21,26);6,8-9,13H,4-5,7,10-12H2,1-3H3;4,6-7,10H,5,8-9H2,1-3H3/t;;13-,14-,15-;;/m..0../s1. The van der Waals surface area contributed by atoms with Crippen molar-refractivity contribution in [1.29, 1.82) is 0 Å². The molecule has 6 heterocycles. The van der Waals surface area contributed by atoms with Crippen molar-refractivity contribution in [2.24, 2.45) is 21.6 Å². The molecule has 6 aromatic carbocycles. The van der Waals surface area contributed by atoms with Gasteiger partial charge in [-0.3, -0.25) is 43.5 Å². The summed E-state index contributed by atoms with van der Waals surface area (Å²) in [6, 6.07) is 39.6. The lowest BCUT2D eigenvalue weighted by molar-refractivity contribution is -0.152. The number of imidazole rings is 2. The molecule has 4 aliphatic heterocycles. The third-order valence-corrected chi connectivity index (χ3v) is 21.7. The zero-order valence-corrected chi connectivity index (χ0v) is 72.7. The van der Waals surface area contributed by atoms with Crippen LogP contribution >= 0.6 is 0 Å². The van der Waals surface area contributed by atoms with Crippen LogP contribution in [-0.2, 0) is 46.4 Å². The number of aryl methyl sites for hydroxylation is 3. The number of nitrogens with zero attached hydrogens (tertiary/aromatic N) is 14. The predicted molar refractivity (Wildman–Crippen MR) is 471 cm³/mol. The monoisotopic (exact) mass is 1600 g/mol. The molecular weight excluding hydrogens is 1480 g/mol. The molecule has 4 aliphatic rings. The molecule has 12 rings (SSSR count). The summed E-state index contributed by atoms with van der Waals surface area (Å²) in [5.74, 6) is 1.69. The Morgan fingerprint density at radius 3 is 1.58 bits per heavy atom. The van der Waals surface area contributed by atoms with Crippen LogP contribution in [0.15, 0.2) is 131 Å². The molecule has 0 saturated carbocycles. The van der Waals surface area contributed by atoms with Crippen molar-refractivity contribution in [3.63, 3.8) is 0 Å². The lowest BCUT2D eigenvalue weighted by atomic mass is 10.0. The summed E-state index contributed by atoms with van der Waals surface area (Å²) >= 11 is 0. The highest BCUT2D eigenvalue weighted by Gasteiger charge is 2.35. The molecule has 0 bridgehead atoms. The number of unbranched alkanes of at least 4 members (excludes halogenated alkanes) is 1. The normalized spacial score (nSPS) is 14.4. The Labute approximate surface area is 692 Å². The smallest absolute Gasteiger partial charge is 0.245 e. The molecule has 0 radical (unpaired) electrons. The van der Waals surface area contributed by atoms with Gasteiger partial charge in [0.1, 0.15) is 41.3 Å². The third kappa shape index (κ3) is 26.5. The molecule has 2 saturated heterocycles. The Morgan fingerprint density at radius 1 is 0.513 bits per heavy atom. The van der Waals surface area contributed by atoms with Crippen molar-refractivity contribution in [3.05, 3.63) is 155 Å². The SMILES string of the molecule is CC1=Nc2ccc(-c3nc4ccc(N5CCN(C)CC5)cc4[nH]3)cc2C1.CCCCN(C)C(=O)CCCOc1cccc(C)c1.CCN(CC(N)=O)C(=O)[C@H](C)N(C)C(=O)[C@H](C)N(C)C(=O)[C@H](C)N(C)C(=O)C(C)C.Cc1cccc(OCCCC(=O)N(C)C)c1.Cc1nc2ccc(C3=Nc4cc(N5CCN(C)CC5)ccc4C3)cc2[nH]1. The number of carbonyl (C=O) groups excluding carboxylic acids is 7. The Kier molecular flexibility index (Phi) is 34.3. The number of anilines is 2. The second-order valence-electron chi connectivity index (χ2n) is 31.7. The number of benzene rings is 6. The van der Waals surface area contributed by atoms with E-state index in [2.05, 4.69) is 140 Å². The Bertz CT molecular complexity index is 4740. The average Bonchev–Trinajstić information content (AvgIpc) is 1.66. The predicted octanol–water partition coefficient (Wildman–Crippen LogP) is 12.1. The second-order valence-corrected chi connectivity index (χ2v) is 31.7. The fraction of sp³-hybridized carbons (Fsp3) is 0.484. The summed E-state index contributed by atoms with van der Waals surface area (Å²) in [5.41, 5.74) is 23.8. The Morgan fingerprint density at radius 2 is 1.03 bits per heavy atom. The van der Waals surface area contributed by atoms with Crippen LogP contribution in [0.4, 0.5) is 22.7 Å². The van der Waals surface area contributed by atoms with Crippen LogP contribution in [-0.4, -0.2) is 272 Å². The van der Waals surface area contributed by atoms with Gasteiger partial charge in [-0.1, -0.05) is 63.6 Å². The van der Waals surface area contributed by atoms with Crippen LogP contribution in [0.5, 0.6) is 11.5 Å². The number of rotatable bonds is 27. The van der Waals surface area contributed by atoms with E-state index in [1.807, 2.05) is 81.2 Å². The van der Waals surface area contributed by atoms with Gasteiger partial charge in [0.2, 0.25) is 41.4 Å². The van der Waals surface area contributed by atoms with Crippen molar-refractivity contribution in [2.45, 2.75) is 146 Å². The number of nitrogens with one attached hydrogen (secondary N) is 2. The number of nitrogens with two attached hydrogens (primary N) is 1. The van der Waals surface area contributed by atoms with Gasteiger partial charge in [0, 0.05) is 162 Å². The first-order valence-corrected chi connectivity index (χ1v) is 41.1. The van der Waals surface area contributed by atoms with Gasteiger partial charge in [-0.15, -0.1) is 0 Å². The number of primary amides is 1. The molecule has 630 valence electrons. The molecule has 0 aliphatic carbocycles. The summed E-state index contributed by atoms with van der Waals surface area (Å²) < 4.78 is 11.2. The van der Waals surface area contributed by atoms with Gasteiger partial charge in [-0.05, 0) is 201 Å². The molecule has 2 aromatic heterocycles. The minimum atomic E-state index is -0.853. The summed E-state index contributed by atoms with van der Waals surface area (Å²) in [7, 11) is 14.3. The van der Waals surface area contributed by atoms with Crippen molar-refractivity contribution < 1.29 is 43.0 Å². The highest BCUT2D eigenvalue weighted by Crippen LogP contribution is 2.35. The van der Waals surface area contributed by atoms with Crippen LogP contribution < -0.4 is 25.0 Å². The number of fused-ring (bicyclic) bond motifs is 4. The molecule has 3 atom stereocenters. The van der Waals surface area contributed by atoms with Gasteiger partial charge in [-0.2, -0.15) is 0 Å². The number of aromatic amines is 2. The van der Waals surface area contributed by atoms with Crippen LogP contribution in [0.25, 0.3) is 33.5 Å². The first-order chi connectivity index (χ1) is 55.7. The van der Waals surface area contributed by atoms with E-state index < -0.39 is 35.8 Å². The number of piperazine rings is 2. The number of ether oxygens (including phenoxy) is 2. The zero-order valence-electron chi connectivity index (χ0n) is 72.7. The average molecular weight is 1600 g/mol. The van der Waals surface area contributed by atoms with Crippen LogP contribution in [0.1, 0.15) is 128 Å². The molecule has 4 N–H and O–H groups in total. The molecule has 0 unspecified atom stereocenters. The molecule has 7 amide bonds. The minimum Gasteiger partial charge on any atom is -0.494 e. The number of likely N-dealkylation sites (N-methyl/N-ethyl adjacent to an activating group) is 6. The lowest BCUT2D eigenvalue weighted by Crippen LogP contribution is -2.56. The van der Waals surface area contributed by atoms with Gasteiger partial charge >= 0.3 is 0 Å². The van der Waals surface area contributed by atoms with Crippen LogP contribution in [0.2, 0.25) is 0 Å². The van der Waals surface area contributed by atoms with E-state index in [0.717, 1.165) is 165 Å². The van der Waals surface area contributed by atoms with Crippen molar-refractivity contribution in [1.82, 2.24) is 59.1 Å². The summed E-state index contributed by atoms with van der Waals surface area (Å²) in [6.07, 6.45) is 6.66. The summed E-state index contributed by atoms with van der Waals surface area (Å²) in [6.45, 7) is 31.1. The first kappa shape index (κ1) is 91.5. The van der Waals surface area contributed by atoms with E-state index in [4.69, 9.17) is 25.2 Å². The third-order valence-electron chi connectivity index (χ3n) is 21.7. The van der Waals surface area contributed by atoms with Crippen molar-refractivity contribution in [3.8, 4) is 22.9 Å². The van der Waals surface area contributed by atoms with Gasteiger partial charge in [0.05, 0.1) is 58.9 Å². The number of H-pyrrole nitrogens is 2. The van der Waals surface area contributed by atoms with Gasteiger partial charge < -0.3 is 74.2 Å². The van der Waals surface area contributed by atoms with E-state index in [1.165, 1.54) is 78.6 Å². The zero-order chi connectivity index (χ0) is 85.3. The van der Waals surface area contributed by atoms with Crippen LogP contribution in [0.3, 0.4) is 0 Å². The molecule has 8 aromatic rings. The number of hydrogen-bond donors (Lipinski definition) is 3. The van der Waals surface area contributed by atoms with Crippen LogP contribution in [0, 0.1) is 26.7 Å². The van der Waals surface area contributed by atoms with Gasteiger partial charge in [0.25, 0.3) is 0 Å². The Hall–Kier alpha value is -11.0. The van der Waals surface area contributed by atoms with E-state index in [0.29, 0.717) is 26.1 Å². The fourth-order valence-corrected chi connectivity index (χ4v) is 13.9. The quantitative estimate of drug-likeness (QED) is 0.0404. The van der Waals surface area contributed by atoms with Gasteiger partial charge in [0.15, 0.2) is 0 Å². The maximum atomic E-state index is 12.9. The highest BCUT2D eigenvalue weighted by atomic mass is 16.5. The number of carbonyl (C=O) groups is 7. The fourth-order valence-electron chi connectivity index (χ4n) is 13.9. The van der Waals surface area contributed by atoms with E-state index in [1.54, 1.807) is 67.6 Å². The van der Waals surface area contributed by atoms with Crippen molar-refractivity contribution in [2.75, 3.05) is 151 Å². The number of aliphatic imine (C=N–C) groups is 2.